The van der Waals surface area contributed by atoms with Crippen molar-refractivity contribution in [2.45, 2.75) is 6.61 Å². The zero-order chi connectivity index (χ0) is 21.7. The number of ether oxygens (including phenoxy) is 1. The summed E-state index contributed by atoms with van der Waals surface area (Å²) < 4.78 is 33.4. The largest absolute Gasteiger partial charge is 0.445 e. The van der Waals surface area contributed by atoms with Crippen LogP contribution in [0.15, 0.2) is 48.5 Å². The van der Waals surface area contributed by atoms with E-state index in [9.17, 15) is 18.0 Å². The van der Waals surface area contributed by atoms with Crippen LogP contribution in [0.1, 0.15) is 15.9 Å². The fraction of sp³-hybridized carbons (Fsp3) is 0.263. The first-order valence-electron chi connectivity index (χ1n) is 9.00. The number of hydrogen-bond donors (Lipinski definition) is 1. The third-order valence-electron chi connectivity index (χ3n) is 4.46. The minimum Gasteiger partial charge on any atom is -0.445 e. The van der Waals surface area contributed by atoms with E-state index < -0.39 is 22.2 Å². The molecule has 8 nitrogen and oxygen atoms in total. The van der Waals surface area contributed by atoms with Crippen LogP contribution in [-0.2, 0) is 21.6 Å². The highest BCUT2D eigenvalue weighted by atomic mass is 35.5. The van der Waals surface area contributed by atoms with E-state index in [2.05, 4.69) is 0 Å². The molecule has 2 aromatic carbocycles. The van der Waals surface area contributed by atoms with Gasteiger partial charge in [-0.3, -0.25) is 4.79 Å². The molecule has 2 amide bonds. The molecule has 0 unspecified atom stereocenters. The highest BCUT2D eigenvalue weighted by Crippen LogP contribution is 2.25. The van der Waals surface area contributed by atoms with E-state index in [4.69, 9.17) is 27.9 Å². The molecule has 1 heterocycles. The van der Waals surface area contributed by atoms with Crippen molar-refractivity contribution in [3.8, 4) is 0 Å². The zero-order valence-electron chi connectivity index (χ0n) is 15.8. The van der Waals surface area contributed by atoms with Crippen LogP contribution < -0.4 is 4.72 Å². The maximum Gasteiger partial charge on any atom is 0.410 e. The molecule has 1 N–H and O–H groups in total. The number of piperazine rings is 1. The Bertz CT molecular complexity index is 1030. The molecular weight excluding hydrogens is 453 g/mol. The summed E-state index contributed by atoms with van der Waals surface area (Å²) in [5.74, 6) is -0.882. The summed E-state index contributed by atoms with van der Waals surface area (Å²) in [6.07, 6.45) is -0.523. The highest BCUT2D eigenvalue weighted by Gasteiger charge is 2.31. The van der Waals surface area contributed by atoms with Gasteiger partial charge in [-0.25, -0.2) is 9.52 Å². The van der Waals surface area contributed by atoms with Crippen LogP contribution in [-0.4, -0.2) is 55.8 Å². The smallest absolute Gasteiger partial charge is 0.410 e. The summed E-state index contributed by atoms with van der Waals surface area (Å²) in [7, 11) is -4.11. The van der Waals surface area contributed by atoms with Gasteiger partial charge in [0.1, 0.15) is 6.61 Å². The molecule has 0 saturated carbocycles. The Kier molecular flexibility index (Phi) is 7.19. The van der Waals surface area contributed by atoms with Crippen molar-refractivity contribution >= 4 is 45.4 Å². The molecule has 11 heteroatoms. The fourth-order valence-electron chi connectivity index (χ4n) is 2.84. The van der Waals surface area contributed by atoms with Gasteiger partial charge in [-0.2, -0.15) is 12.7 Å². The monoisotopic (exact) mass is 471 g/mol. The van der Waals surface area contributed by atoms with Gasteiger partial charge in [-0.1, -0.05) is 59.6 Å². The Morgan fingerprint density at radius 2 is 1.63 bits per heavy atom. The number of hydrogen-bond acceptors (Lipinski definition) is 5. The number of benzene rings is 2. The summed E-state index contributed by atoms with van der Waals surface area (Å²) in [5.41, 5.74) is 0.810. The summed E-state index contributed by atoms with van der Waals surface area (Å²) in [4.78, 5) is 25.9. The van der Waals surface area contributed by atoms with Gasteiger partial charge >= 0.3 is 16.3 Å². The van der Waals surface area contributed by atoms with Crippen LogP contribution >= 0.6 is 23.2 Å². The van der Waals surface area contributed by atoms with Gasteiger partial charge in [0.05, 0.1) is 15.6 Å². The molecule has 0 atom stereocenters. The van der Waals surface area contributed by atoms with E-state index in [1.165, 1.54) is 23.1 Å². The maximum atomic E-state index is 12.5. The van der Waals surface area contributed by atoms with E-state index in [1.807, 2.05) is 35.1 Å². The fourth-order valence-corrected chi connectivity index (χ4v) is 4.34. The van der Waals surface area contributed by atoms with Crippen molar-refractivity contribution in [1.82, 2.24) is 13.9 Å². The molecule has 30 heavy (non-hydrogen) atoms. The van der Waals surface area contributed by atoms with Crippen LogP contribution in [0.4, 0.5) is 4.79 Å². The summed E-state index contributed by atoms with van der Waals surface area (Å²) in [6.45, 7) is 0.453. The second-order valence-corrected chi connectivity index (χ2v) is 8.92. The molecule has 1 aliphatic rings. The molecule has 1 aliphatic heterocycles. The Labute approximate surface area is 184 Å². The molecular formula is C19H19Cl2N3O5S. The minimum atomic E-state index is -4.11. The highest BCUT2D eigenvalue weighted by molar-refractivity contribution is 7.87. The van der Waals surface area contributed by atoms with Crippen molar-refractivity contribution in [2.75, 3.05) is 26.2 Å². The maximum absolute atomic E-state index is 12.5. The lowest BCUT2D eigenvalue weighted by Crippen LogP contribution is -2.54. The minimum absolute atomic E-state index is 0.0202. The quantitative estimate of drug-likeness (QED) is 0.722. The molecule has 3 rings (SSSR count). The molecule has 0 aromatic heterocycles. The van der Waals surface area contributed by atoms with Crippen molar-refractivity contribution in [2.24, 2.45) is 0 Å². The van der Waals surface area contributed by atoms with E-state index in [0.717, 1.165) is 9.87 Å². The Hall–Kier alpha value is -2.33. The van der Waals surface area contributed by atoms with E-state index in [0.29, 0.717) is 0 Å². The van der Waals surface area contributed by atoms with Crippen LogP contribution in [0.2, 0.25) is 10.0 Å². The van der Waals surface area contributed by atoms with Gasteiger partial charge in [-0.05, 0) is 17.7 Å². The Morgan fingerprint density at radius 3 is 2.30 bits per heavy atom. The first-order valence-corrected chi connectivity index (χ1v) is 11.2. The van der Waals surface area contributed by atoms with Crippen LogP contribution in [0.5, 0.6) is 0 Å². The predicted octanol–water partition coefficient (Wildman–Crippen LogP) is 2.92. The molecule has 0 aliphatic carbocycles. The molecule has 160 valence electrons. The Balaban J connectivity index is 1.53. The van der Waals surface area contributed by atoms with Crippen molar-refractivity contribution in [3.63, 3.8) is 0 Å². The summed E-state index contributed by atoms with van der Waals surface area (Å²) in [5, 5.41) is 0.113. The van der Waals surface area contributed by atoms with E-state index in [1.54, 1.807) is 0 Å². The number of carbonyl (C=O) groups excluding carboxylic acids is 2. The molecule has 1 fully saturated rings. The average Bonchev–Trinajstić information content (AvgIpc) is 2.74. The second kappa shape index (κ2) is 9.65. The molecule has 2 aromatic rings. The first kappa shape index (κ1) is 22.4. The lowest BCUT2D eigenvalue weighted by Gasteiger charge is -2.33. The molecule has 0 spiro atoms. The van der Waals surface area contributed by atoms with Crippen LogP contribution in [0, 0.1) is 0 Å². The lowest BCUT2D eigenvalue weighted by atomic mass is 10.2. The standard InChI is InChI=1S/C19H19Cl2N3O5S/c20-16-8-4-7-15(17(16)21)18(25)22-30(27,28)24-11-9-23(10-12-24)19(26)29-13-14-5-2-1-3-6-14/h1-8H,9-13H2,(H,22,25). The van der Waals surface area contributed by atoms with Crippen LogP contribution in [0.3, 0.4) is 0 Å². The van der Waals surface area contributed by atoms with E-state index >= 15 is 0 Å². The topological polar surface area (TPSA) is 96.0 Å². The Morgan fingerprint density at radius 1 is 0.967 bits per heavy atom. The van der Waals surface area contributed by atoms with Gasteiger partial charge < -0.3 is 9.64 Å². The van der Waals surface area contributed by atoms with Crippen molar-refractivity contribution in [1.29, 1.82) is 0 Å². The SMILES string of the molecule is O=C(NS(=O)(=O)N1CCN(C(=O)OCc2ccccc2)CC1)c1cccc(Cl)c1Cl. The lowest BCUT2D eigenvalue weighted by molar-refractivity contribution is 0.0831. The second-order valence-electron chi connectivity index (χ2n) is 6.46. The summed E-state index contributed by atoms with van der Waals surface area (Å²) in [6, 6.07) is 13.6. The first-order chi connectivity index (χ1) is 14.3. The number of nitrogens with zero attached hydrogens (tertiary/aromatic N) is 2. The van der Waals surface area contributed by atoms with Crippen molar-refractivity contribution in [3.05, 3.63) is 69.7 Å². The van der Waals surface area contributed by atoms with Gasteiger partial charge in [-0.15, -0.1) is 0 Å². The molecule has 0 radical (unpaired) electrons. The van der Waals surface area contributed by atoms with Gasteiger partial charge in [0.25, 0.3) is 5.91 Å². The number of nitrogens with one attached hydrogen (secondary N) is 1. The number of halogens is 2. The van der Waals surface area contributed by atoms with E-state index in [-0.39, 0.29) is 48.4 Å². The summed E-state index contributed by atoms with van der Waals surface area (Å²) >= 11 is 11.8. The number of rotatable bonds is 5. The molecule has 1 saturated heterocycles. The number of amides is 2. The zero-order valence-corrected chi connectivity index (χ0v) is 18.1. The normalized spacial score (nSPS) is 14.9. The third-order valence-corrected chi connectivity index (χ3v) is 6.77. The number of carbonyl (C=O) groups is 2. The molecule has 0 bridgehead atoms. The van der Waals surface area contributed by atoms with Gasteiger partial charge in [0.15, 0.2) is 0 Å². The van der Waals surface area contributed by atoms with Crippen molar-refractivity contribution < 1.29 is 22.7 Å². The predicted molar refractivity (Wildman–Crippen MR) is 113 cm³/mol. The third kappa shape index (κ3) is 5.42. The van der Waals surface area contributed by atoms with Gasteiger partial charge in [0, 0.05) is 26.2 Å². The van der Waals surface area contributed by atoms with Gasteiger partial charge in [0.2, 0.25) is 0 Å². The average molecular weight is 472 g/mol. The van der Waals surface area contributed by atoms with Crippen LogP contribution in [0.25, 0.3) is 0 Å².